The molecule has 0 aliphatic heterocycles. The lowest BCUT2D eigenvalue weighted by molar-refractivity contribution is -0.120. The lowest BCUT2D eigenvalue weighted by atomic mass is 10.2. The Bertz CT molecular complexity index is 748. The molecule has 0 radical (unpaired) electrons. The van der Waals surface area contributed by atoms with Crippen molar-refractivity contribution in [2.75, 3.05) is 6.54 Å². The molecular formula is C15H17N3O4S. The average molecular weight is 335 g/mol. The molecule has 2 heterocycles. The molecule has 7 nitrogen and oxygen atoms in total. The van der Waals surface area contributed by atoms with Gasteiger partial charge < -0.3 is 9.73 Å². The molecule has 8 heteroatoms. The third-order valence-electron chi connectivity index (χ3n) is 2.97. The molecule has 122 valence electrons. The minimum Gasteiger partial charge on any atom is -0.466 e. The monoisotopic (exact) mass is 335 g/mol. The summed E-state index contributed by atoms with van der Waals surface area (Å²) in [5.74, 6) is -0.260. The predicted octanol–water partition coefficient (Wildman–Crippen LogP) is 1.46. The molecule has 0 saturated heterocycles. The van der Waals surface area contributed by atoms with E-state index >= 15 is 0 Å². The van der Waals surface area contributed by atoms with Crippen LogP contribution in [0.15, 0.2) is 22.6 Å². The Labute approximate surface area is 137 Å². The van der Waals surface area contributed by atoms with E-state index in [1.54, 1.807) is 26.0 Å². The number of aryl methyl sites for hydroxylation is 3. The number of thiophene rings is 1. The van der Waals surface area contributed by atoms with Crippen molar-refractivity contribution in [3.05, 3.63) is 45.0 Å². The van der Waals surface area contributed by atoms with Crippen LogP contribution in [0.5, 0.6) is 0 Å². The summed E-state index contributed by atoms with van der Waals surface area (Å²) >= 11 is 1.34. The number of rotatable bonds is 4. The van der Waals surface area contributed by atoms with Crippen LogP contribution in [0.25, 0.3) is 0 Å². The van der Waals surface area contributed by atoms with Crippen molar-refractivity contribution in [2.24, 2.45) is 0 Å². The van der Waals surface area contributed by atoms with Gasteiger partial charge in [-0.05, 0) is 39.0 Å². The minimum atomic E-state index is -0.530. The Hall–Kier alpha value is -2.61. The third kappa shape index (κ3) is 4.43. The molecule has 2 aromatic rings. The minimum absolute atomic E-state index is 0.237. The zero-order chi connectivity index (χ0) is 17.0. The molecule has 0 aromatic carbocycles. The second kappa shape index (κ2) is 7.10. The largest absolute Gasteiger partial charge is 0.466 e. The Morgan fingerprint density at radius 3 is 2.39 bits per heavy atom. The summed E-state index contributed by atoms with van der Waals surface area (Å²) in [5.41, 5.74) is 4.86. The number of furan rings is 1. The number of carbonyl (C=O) groups excluding carboxylic acids is 3. The SMILES string of the molecule is Cc1cc(C(=O)NNC(=O)CNC(=O)c2ccc(C)s2)c(C)o1. The number of nitrogens with one attached hydrogen (secondary N) is 3. The third-order valence-corrected chi connectivity index (χ3v) is 3.97. The van der Waals surface area contributed by atoms with Crippen molar-refractivity contribution < 1.29 is 18.8 Å². The second-order valence-corrected chi connectivity index (χ2v) is 6.21. The number of hydrazine groups is 1. The van der Waals surface area contributed by atoms with Crippen LogP contribution in [-0.2, 0) is 4.79 Å². The predicted molar refractivity (Wildman–Crippen MR) is 85.2 cm³/mol. The van der Waals surface area contributed by atoms with Crippen molar-refractivity contribution >= 4 is 29.1 Å². The Kier molecular flexibility index (Phi) is 5.17. The fraction of sp³-hybridized carbons (Fsp3) is 0.267. The molecule has 2 rings (SSSR count). The molecule has 0 unspecified atom stereocenters. The first kappa shape index (κ1) is 16.8. The topological polar surface area (TPSA) is 100 Å². The van der Waals surface area contributed by atoms with Crippen LogP contribution in [0, 0.1) is 20.8 Å². The Morgan fingerprint density at radius 1 is 1.09 bits per heavy atom. The van der Waals surface area contributed by atoms with Crippen LogP contribution in [0.4, 0.5) is 0 Å². The normalized spacial score (nSPS) is 10.2. The highest BCUT2D eigenvalue weighted by molar-refractivity contribution is 7.13. The van der Waals surface area contributed by atoms with Crippen LogP contribution in [0.3, 0.4) is 0 Å². The van der Waals surface area contributed by atoms with Crippen LogP contribution in [-0.4, -0.2) is 24.3 Å². The average Bonchev–Trinajstić information content (AvgIpc) is 3.07. The van der Waals surface area contributed by atoms with Crippen LogP contribution < -0.4 is 16.2 Å². The van der Waals surface area contributed by atoms with E-state index in [-0.39, 0.29) is 12.5 Å². The lowest BCUT2D eigenvalue weighted by Gasteiger charge is -2.07. The number of hydrogen-bond donors (Lipinski definition) is 3. The number of carbonyl (C=O) groups is 3. The second-order valence-electron chi connectivity index (χ2n) is 4.92. The van der Waals surface area contributed by atoms with Crippen LogP contribution in [0.1, 0.15) is 36.4 Å². The standard InChI is InChI=1S/C15H17N3O4S/c1-8-6-11(10(3)22-8)14(20)18-17-13(19)7-16-15(21)12-5-4-9(2)23-12/h4-6H,7H2,1-3H3,(H,16,21)(H,17,19)(H,18,20). The zero-order valence-corrected chi connectivity index (χ0v) is 13.8. The highest BCUT2D eigenvalue weighted by Crippen LogP contribution is 2.14. The quantitative estimate of drug-likeness (QED) is 0.736. The first-order valence-electron chi connectivity index (χ1n) is 6.87. The molecule has 0 aliphatic rings. The van der Waals surface area contributed by atoms with Crippen molar-refractivity contribution in [1.29, 1.82) is 0 Å². The molecule has 3 N–H and O–H groups in total. The van der Waals surface area contributed by atoms with Crippen LogP contribution >= 0.6 is 11.3 Å². The summed E-state index contributed by atoms with van der Waals surface area (Å²) in [5, 5.41) is 2.48. The molecular weight excluding hydrogens is 318 g/mol. The van der Waals surface area contributed by atoms with E-state index < -0.39 is 11.8 Å². The molecule has 23 heavy (non-hydrogen) atoms. The van der Waals surface area contributed by atoms with E-state index in [2.05, 4.69) is 16.2 Å². The van der Waals surface area contributed by atoms with Gasteiger partial charge in [0.15, 0.2) is 0 Å². The summed E-state index contributed by atoms with van der Waals surface area (Å²) in [6.07, 6.45) is 0. The van der Waals surface area contributed by atoms with E-state index in [0.717, 1.165) is 4.88 Å². The first-order chi connectivity index (χ1) is 10.9. The van der Waals surface area contributed by atoms with Crippen molar-refractivity contribution in [3.63, 3.8) is 0 Å². The van der Waals surface area contributed by atoms with Crippen molar-refractivity contribution in [2.45, 2.75) is 20.8 Å². The summed E-state index contributed by atoms with van der Waals surface area (Å²) in [6.45, 7) is 5.04. The molecule has 0 aliphatic carbocycles. The van der Waals surface area contributed by atoms with Gasteiger partial charge >= 0.3 is 0 Å². The lowest BCUT2D eigenvalue weighted by Crippen LogP contribution is -2.46. The van der Waals surface area contributed by atoms with Gasteiger partial charge in [-0.15, -0.1) is 11.3 Å². The van der Waals surface area contributed by atoms with E-state index in [1.165, 1.54) is 11.3 Å². The Balaban J connectivity index is 1.78. The van der Waals surface area contributed by atoms with Gasteiger partial charge in [0, 0.05) is 4.88 Å². The maximum atomic E-state index is 11.9. The summed E-state index contributed by atoms with van der Waals surface area (Å²) in [4.78, 5) is 36.9. The van der Waals surface area contributed by atoms with E-state index in [1.807, 2.05) is 13.0 Å². The number of hydrogen-bond acceptors (Lipinski definition) is 5. The van der Waals surface area contributed by atoms with Gasteiger partial charge in [-0.2, -0.15) is 0 Å². The van der Waals surface area contributed by atoms with E-state index in [0.29, 0.717) is 22.0 Å². The number of amides is 3. The maximum absolute atomic E-state index is 11.9. The van der Waals surface area contributed by atoms with Crippen molar-refractivity contribution in [1.82, 2.24) is 16.2 Å². The van der Waals surface area contributed by atoms with E-state index in [9.17, 15) is 14.4 Å². The molecule has 0 spiro atoms. The van der Waals surface area contributed by atoms with Gasteiger partial charge in [0.25, 0.3) is 17.7 Å². The van der Waals surface area contributed by atoms with Gasteiger partial charge in [0.1, 0.15) is 11.5 Å². The van der Waals surface area contributed by atoms with E-state index in [4.69, 9.17) is 4.42 Å². The fourth-order valence-corrected chi connectivity index (χ4v) is 2.68. The highest BCUT2D eigenvalue weighted by atomic mass is 32.1. The Morgan fingerprint density at radius 2 is 1.83 bits per heavy atom. The summed E-state index contributed by atoms with van der Waals surface area (Å²) < 4.78 is 5.24. The smallest absolute Gasteiger partial charge is 0.273 e. The summed E-state index contributed by atoms with van der Waals surface area (Å²) in [6, 6.07) is 5.10. The molecule has 3 amide bonds. The molecule has 0 saturated carbocycles. The van der Waals surface area contributed by atoms with Gasteiger partial charge in [0.2, 0.25) is 0 Å². The first-order valence-corrected chi connectivity index (χ1v) is 7.69. The van der Waals surface area contributed by atoms with Gasteiger partial charge in [-0.3, -0.25) is 25.2 Å². The van der Waals surface area contributed by atoms with Crippen LogP contribution in [0.2, 0.25) is 0 Å². The molecule has 0 fully saturated rings. The molecule has 0 bridgehead atoms. The summed E-state index contributed by atoms with van der Waals surface area (Å²) in [7, 11) is 0. The van der Waals surface area contributed by atoms with Gasteiger partial charge in [-0.1, -0.05) is 0 Å². The molecule has 0 atom stereocenters. The highest BCUT2D eigenvalue weighted by Gasteiger charge is 2.14. The zero-order valence-electron chi connectivity index (χ0n) is 13.0. The molecule has 2 aromatic heterocycles. The van der Waals surface area contributed by atoms with Crippen molar-refractivity contribution in [3.8, 4) is 0 Å². The fourth-order valence-electron chi connectivity index (χ4n) is 1.90. The van der Waals surface area contributed by atoms with Gasteiger partial charge in [-0.25, -0.2) is 0 Å². The van der Waals surface area contributed by atoms with Gasteiger partial charge in [0.05, 0.1) is 17.0 Å². The maximum Gasteiger partial charge on any atom is 0.273 e.